The Morgan fingerprint density at radius 1 is 1.31 bits per heavy atom. The number of carbonyl (C=O) groups excluding carboxylic acids is 2. The van der Waals surface area contributed by atoms with Gasteiger partial charge in [-0.15, -0.1) is 0 Å². The van der Waals surface area contributed by atoms with Crippen molar-refractivity contribution in [3.05, 3.63) is 35.9 Å². The van der Waals surface area contributed by atoms with Crippen LogP contribution in [-0.2, 0) is 9.59 Å². The zero-order chi connectivity index (χ0) is 18.3. The van der Waals surface area contributed by atoms with Gasteiger partial charge in [0.1, 0.15) is 0 Å². The first-order valence-corrected chi connectivity index (χ1v) is 8.24. The van der Waals surface area contributed by atoms with Crippen molar-refractivity contribution in [2.45, 2.75) is 20.3 Å². The standard InChI is InChI=1S/C18H17N5O3/c1-9-7-15(25)22-23-17(9)11-3-4-12-13(8-11)21-18(20-12)14-5-6-16(26-14)19-10(2)24/h3-6,8-9H,7H2,1-2H3,(H,19,24)(H,20,21)(H,22,25). The van der Waals surface area contributed by atoms with Gasteiger partial charge in [0.05, 0.1) is 16.7 Å². The zero-order valence-electron chi connectivity index (χ0n) is 14.3. The van der Waals surface area contributed by atoms with Gasteiger partial charge in [-0.25, -0.2) is 10.4 Å². The van der Waals surface area contributed by atoms with E-state index >= 15 is 0 Å². The van der Waals surface area contributed by atoms with Crippen LogP contribution in [-0.4, -0.2) is 27.5 Å². The van der Waals surface area contributed by atoms with Crippen molar-refractivity contribution < 1.29 is 14.0 Å². The van der Waals surface area contributed by atoms with Gasteiger partial charge in [0.25, 0.3) is 0 Å². The first kappa shape index (κ1) is 16.1. The molecular formula is C18H17N5O3. The third-order valence-corrected chi connectivity index (χ3v) is 4.18. The molecule has 1 unspecified atom stereocenters. The maximum atomic E-state index is 11.4. The van der Waals surface area contributed by atoms with Gasteiger partial charge in [-0.1, -0.05) is 13.0 Å². The van der Waals surface area contributed by atoms with Crippen LogP contribution in [0.1, 0.15) is 25.8 Å². The Bertz CT molecular complexity index is 1050. The average Bonchev–Trinajstić information content (AvgIpc) is 3.20. The molecule has 2 aromatic heterocycles. The summed E-state index contributed by atoms with van der Waals surface area (Å²) in [4.78, 5) is 30.3. The number of fused-ring (bicyclic) bond motifs is 1. The molecule has 3 N–H and O–H groups in total. The number of rotatable bonds is 3. The van der Waals surface area contributed by atoms with Crippen LogP contribution in [0, 0.1) is 5.92 Å². The number of aromatic amines is 1. The third kappa shape index (κ3) is 2.97. The first-order valence-electron chi connectivity index (χ1n) is 8.24. The number of aromatic nitrogens is 2. The second kappa shape index (κ2) is 6.14. The summed E-state index contributed by atoms with van der Waals surface area (Å²) in [5.74, 6) is 1.25. The lowest BCUT2D eigenvalue weighted by molar-refractivity contribution is -0.122. The van der Waals surface area contributed by atoms with Crippen molar-refractivity contribution in [2.24, 2.45) is 11.0 Å². The van der Waals surface area contributed by atoms with Crippen LogP contribution in [0.5, 0.6) is 0 Å². The molecule has 0 saturated carbocycles. The summed E-state index contributed by atoms with van der Waals surface area (Å²) in [5, 5.41) is 6.78. The van der Waals surface area contributed by atoms with Crippen LogP contribution in [0.15, 0.2) is 39.9 Å². The van der Waals surface area contributed by atoms with Crippen LogP contribution < -0.4 is 10.7 Å². The molecule has 3 heterocycles. The molecule has 1 aromatic carbocycles. The van der Waals surface area contributed by atoms with Gasteiger partial charge < -0.3 is 9.40 Å². The van der Waals surface area contributed by atoms with E-state index in [0.717, 1.165) is 22.3 Å². The lowest BCUT2D eigenvalue weighted by Gasteiger charge is -2.18. The summed E-state index contributed by atoms with van der Waals surface area (Å²) in [6, 6.07) is 9.21. The van der Waals surface area contributed by atoms with Crippen LogP contribution in [0.2, 0.25) is 0 Å². The number of H-pyrrole nitrogens is 1. The normalized spacial score (nSPS) is 17.1. The molecule has 3 aromatic rings. The Morgan fingerprint density at radius 3 is 2.92 bits per heavy atom. The number of hydrazone groups is 1. The van der Waals surface area contributed by atoms with Gasteiger partial charge in [-0.3, -0.25) is 14.9 Å². The van der Waals surface area contributed by atoms with Gasteiger partial charge in [0.15, 0.2) is 17.5 Å². The average molecular weight is 351 g/mol. The second-order valence-electron chi connectivity index (χ2n) is 6.30. The smallest absolute Gasteiger partial charge is 0.240 e. The minimum absolute atomic E-state index is 0.0499. The summed E-state index contributed by atoms with van der Waals surface area (Å²) in [5.41, 5.74) is 5.92. The molecule has 0 fully saturated rings. The molecule has 26 heavy (non-hydrogen) atoms. The second-order valence-corrected chi connectivity index (χ2v) is 6.30. The number of hydrogen-bond donors (Lipinski definition) is 3. The highest BCUT2D eigenvalue weighted by molar-refractivity contribution is 6.07. The number of nitrogens with one attached hydrogen (secondary N) is 3. The molecule has 0 radical (unpaired) electrons. The highest BCUT2D eigenvalue weighted by Crippen LogP contribution is 2.26. The molecule has 132 valence electrons. The molecular weight excluding hydrogens is 334 g/mol. The fourth-order valence-corrected chi connectivity index (χ4v) is 2.99. The van der Waals surface area contributed by atoms with Gasteiger partial charge in [-0.2, -0.15) is 5.10 Å². The predicted octanol–water partition coefficient (Wildman–Crippen LogP) is 2.64. The molecule has 1 aliphatic rings. The topological polar surface area (TPSA) is 112 Å². The number of benzene rings is 1. The Labute approximate surface area is 148 Å². The third-order valence-electron chi connectivity index (χ3n) is 4.18. The Balaban J connectivity index is 1.67. The maximum Gasteiger partial charge on any atom is 0.240 e. The number of imidazole rings is 1. The van der Waals surface area contributed by atoms with Gasteiger partial charge in [0.2, 0.25) is 11.8 Å². The SMILES string of the molecule is CC(=O)Nc1ccc(-c2nc3ccc(C4=NNC(=O)CC4C)cc3[nH]2)o1. The van der Waals surface area contributed by atoms with Crippen molar-refractivity contribution in [3.8, 4) is 11.6 Å². The Morgan fingerprint density at radius 2 is 2.15 bits per heavy atom. The number of nitrogens with zero attached hydrogens (tertiary/aromatic N) is 2. The minimum atomic E-state index is -0.199. The molecule has 0 aliphatic carbocycles. The van der Waals surface area contributed by atoms with Crippen molar-refractivity contribution in [1.82, 2.24) is 15.4 Å². The quantitative estimate of drug-likeness (QED) is 0.673. The minimum Gasteiger partial charge on any atom is -0.437 e. The summed E-state index contributed by atoms with van der Waals surface area (Å²) >= 11 is 0. The highest BCUT2D eigenvalue weighted by Gasteiger charge is 2.22. The van der Waals surface area contributed by atoms with Crippen molar-refractivity contribution in [1.29, 1.82) is 0 Å². The molecule has 4 rings (SSSR count). The number of hydrogen-bond acceptors (Lipinski definition) is 5. The van der Waals surface area contributed by atoms with Gasteiger partial charge >= 0.3 is 0 Å². The van der Waals surface area contributed by atoms with Crippen molar-refractivity contribution in [3.63, 3.8) is 0 Å². The Kier molecular flexibility index (Phi) is 3.80. The zero-order valence-corrected chi connectivity index (χ0v) is 14.3. The molecule has 0 spiro atoms. The number of furan rings is 1. The van der Waals surface area contributed by atoms with Gasteiger partial charge in [-0.05, 0) is 18.2 Å². The largest absolute Gasteiger partial charge is 0.437 e. The highest BCUT2D eigenvalue weighted by atomic mass is 16.4. The molecule has 1 aliphatic heterocycles. The van der Waals surface area contributed by atoms with E-state index in [1.165, 1.54) is 6.92 Å². The van der Waals surface area contributed by atoms with Crippen molar-refractivity contribution >= 4 is 34.4 Å². The van der Waals surface area contributed by atoms with Crippen LogP contribution in [0.25, 0.3) is 22.6 Å². The van der Waals surface area contributed by atoms with E-state index in [-0.39, 0.29) is 17.7 Å². The fourth-order valence-electron chi connectivity index (χ4n) is 2.99. The molecule has 0 saturated heterocycles. The summed E-state index contributed by atoms with van der Waals surface area (Å²) in [7, 11) is 0. The summed E-state index contributed by atoms with van der Waals surface area (Å²) in [6.07, 6.45) is 0.420. The van der Waals surface area contributed by atoms with E-state index in [1.54, 1.807) is 12.1 Å². The predicted molar refractivity (Wildman–Crippen MR) is 96.6 cm³/mol. The summed E-state index contributed by atoms with van der Waals surface area (Å²) < 4.78 is 5.59. The first-order chi connectivity index (χ1) is 12.5. The molecule has 8 heteroatoms. The van der Waals surface area contributed by atoms with Crippen LogP contribution >= 0.6 is 0 Å². The number of amides is 2. The van der Waals surface area contributed by atoms with E-state index in [0.29, 0.717) is 23.9 Å². The maximum absolute atomic E-state index is 11.4. The van der Waals surface area contributed by atoms with E-state index in [4.69, 9.17) is 4.42 Å². The van der Waals surface area contributed by atoms with Crippen LogP contribution in [0.3, 0.4) is 0 Å². The van der Waals surface area contributed by atoms with Crippen LogP contribution in [0.4, 0.5) is 5.88 Å². The van der Waals surface area contributed by atoms with Crippen molar-refractivity contribution in [2.75, 3.05) is 5.32 Å². The van der Waals surface area contributed by atoms with E-state index in [1.807, 2.05) is 25.1 Å². The van der Waals surface area contributed by atoms with Gasteiger partial charge in [0, 0.05) is 30.9 Å². The van der Waals surface area contributed by atoms with E-state index in [2.05, 4.69) is 25.8 Å². The molecule has 0 bridgehead atoms. The molecule has 8 nitrogen and oxygen atoms in total. The van der Waals surface area contributed by atoms with E-state index in [9.17, 15) is 9.59 Å². The Hall–Kier alpha value is -3.42. The molecule has 2 amide bonds. The fraction of sp³-hybridized carbons (Fsp3) is 0.222. The lowest BCUT2D eigenvalue weighted by Crippen LogP contribution is -2.31. The summed E-state index contributed by atoms with van der Waals surface area (Å²) in [6.45, 7) is 3.40. The van der Waals surface area contributed by atoms with E-state index < -0.39 is 0 Å². The number of carbonyl (C=O) groups is 2. The molecule has 1 atom stereocenters. The number of anilines is 1. The monoisotopic (exact) mass is 351 g/mol. The lowest BCUT2D eigenvalue weighted by atomic mass is 9.94.